The van der Waals surface area contributed by atoms with Crippen LogP contribution in [-0.4, -0.2) is 32.3 Å². The summed E-state index contributed by atoms with van der Waals surface area (Å²) in [5, 5.41) is 3.50. The molecule has 2 atom stereocenters. The molecular weight excluding hydrogens is 164 g/mol. The highest BCUT2D eigenvalue weighted by Crippen LogP contribution is 2.16. The number of nitrogens with one attached hydrogen (secondary N) is 1. The highest BCUT2D eigenvalue weighted by molar-refractivity contribution is 4.83. The monoisotopic (exact) mass is 186 g/mol. The Kier molecular flexibility index (Phi) is 5.35. The zero-order valence-electron chi connectivity index (χ0n) is 8.59. The summed E-state index contributed by atoms with van der Waals surface area (Å²) in [5.41, 5.74) is 6.00. The minimum absolute atomic E-state index is 0.372. The Hall–Kier alpha value is -0.120. The van der Waals surface area contributed by atoms with E-state index in [0.717, 1.165) is 19.6 Å². The van der Waals surface area contributed by atoms with E-state index in [0.29, 0.717) is 12.1 Å². The summed E-state index contributed by atoms with van der Waals surface area (Å²) in [6.07, 6.45) is 6.14. The minimum Gasteiger partial charge on any atom is -0.385 e. The molecule has 0 aromatic heterocycles. The lowest BCUT2D eigenvalue weighted by Gasteiger charge is -2.29. The first-order valence-corrected chi connectivity index (χ1v) is 5.32. The topological polar surface area (TPSA) is 47.3 Å². The summed E-state index contributed by atoms with van der Waals surface area (Å²) in [6.45, 7) is 1.88. The highest BCUT2D eigenvalue weighted by Gasteiger charge is 2.20. The maximum absolute atomic E-state index is 6.00. The Morgan fingerprint density at radius 2 is 2.15 bits per heavy atom. The van der Waals surface area contributed by atoms with Gasteiger partial charge in [-0.15, -0.1) is 0 Å². The van der Waals surface area contributed by atoms with Crippen molar-refractivity contribution in [2.45, 2.75) is 44.2 Å². The van der Waals surface area contributed by atoms with E-state index in [9.17, 15) is 0 Å². The van der Waals surface area contributed by atoms with Crippen LogP contribution in [-0.2, 0) is 4.74 Å². The number of hydrogen-bond acceptors (Lipinski definition) is 3. The molecule has 13 heavy (non-hydrogen) atoms. The highest BCUT2D eigenvalue weighted by atomic mass is 16.5. The standard InChI is InChI=1S/C10H22N2O/c1-13-8-4-7-12-10-6-3-2-5-9(10)11/h9-10,12H,2-8,11H2,1H3/t9-,10-/m1/s1. The fourth-order valence-corrected chi connectivity index (χ4v) is 1.92. The van der Waals surface area contributed by atoms with Crippen LogP contribution in [0.5, 0.6) is 0 Å². The Morgan fingerprint density at radius 3 is 2.85 bits per heavy atom. The summed E-state index contributed by atoms with van der Waals surface area (Å²) in [4.78, 5) is 0. The lowest BCUT2D eigenvalue weighted by molar-refractivity contribution is 0.191. The van der Waals surface area contributed by atoms with Gasteiger partial charge in [0.15, 0.2) is 0 Å². The molecule has 1 rings (SSSR count). The van der Waals surface area contributed by atoms with Gasteiger partial charge in [-0.2, -0.15) is 0 Å². The van der Waals surface area contributed by atoms with Crippen molar-refractivity contribution in [3.8, 4) is 0 Å². The molecule has 0 unspecified atom stereocenters. The molecule has 0 aromatic rings. The maximum atomic E-state index is 6.00. The van der Waals surface area contributed by atoms with Crippen LogP contribution in [0.4, 0.5) is 0 Å². The van der Waals surface area contributed by atoms with Crippen LogP contribution >= 0.6 is 0 Å². The molecule has 1 fully saturated rings. The van der Waals surface area contributed by atoms with Crippen molar-refractivity contribution in [3.05, 3.63) is 0 Å². The van der Waals surface area contributed by atoms with Gasteiger partial charge < -0.3 is 15.8 Å². The molecule has 0 heterocycles. The van der Waals surface area contributed by atoms with Gasteiger partial charge in [-0.25, -0.2) is 0 Å². The second kappa shape index (κ2) is 6.35. The predicted octanol–water partition coefficient (Wildman–Crippen LogP) is 0.882. The quantitative estimate of drug-likeness (QED) is 0.627. The minimum atomic E-state index is 0.372. The van der Waals surface area contributed by atoms with Gasteiger partial charge in [-0.05, 0) is 25.8 Å². The van der Waals surface area contributed by atoms with Gasteiger partial charge in [0.1, 0.15) is 0 Å². The lowest BCUT2D eigenvalue weighted by Crippen LogP contribution is -2.47. The Balaban J connectivity index is 2.05. The normalized spacial score (nSPS) is 29.1. The van der Waals surface area contributed by atoms with Crippen LogP contribution in [0.1, 0.15) is 32.1 Å². The van der Waals surface area contributed by atoms with Gasteiger partial charge in [0.25, 0.3) is 0 Å². The summed E-state index contributed by atoms with van der Waals surface area (Å²) >= 11 is 0. The third-order valence-corrected chi connectivity index (χ3v) is 2.75. The van der Waals surface area contributed by atoms with E-state index in [-0.39, 0.29) is 0 Å². The number of rotatable bonds is 5. The van der Waals surface area contributed by atoms with E-state index in [2.05, 4.69) is 5.32 Å². The van der Waals surface area contributed by atoms with E-state index in [1.54, 1.807) is 7.11 Å². The first kappa shape index (κ1) is 11.0. The molecule has 3 N–H and O–H groups in total. The second-order valence-electron chi connectivity index (χ2n) is 3.86. The molecule has 0 bridgehead atoms. The van der Waals surface area contributed by atoms with Crippen LogP contribution in [0.3, 0.4) is 0 Å². The van der Waals surface area contributed by atoms with Crippen molar-refractivity contribution in [1.82, 2.24) is 5.32 Å². The van der Waals surface area contributed by atoms with Gasteiger partial charge in [0, 0.05) is 25.8 Å². The molecule has 3 nitrogen and oxygen atoms in total. The molecule has 3 heteroatoms. The van der Waals surface area contributed by atoms with Crippen molar-refractivity contribution < 1.29 is 4.74 Å². The van der Waals surface area contributed by atoms with Crippen molar-refractivity contribution >= 4 is 0 Å². The fourth-order valence-electron chi connectivity index (χ4n) is 1.92. The lowest BCUT2D eigenvalue weighted by atomic mass is 9.91. The largest absolute Gasteiger partial charge is 0.385 e. The summed E-state index contributed by atoms with van der Waals surface area (Å²) < 4.78 is 4.99. The van der Waals surface area contributed by atoms with Crippen molar-refractivity contribution in [1.29, 1.82) is 0 Å². The molecule has 0 radical (unpaired) electrons. The molecule has 0 spiro atoms. The third kappa shape index (κ3) is 4.07. The van der Waals surface area contributed by atoms with Gasteiger partial charge in [-0.1, -0.05) is 12.8 Å². The predicted molar refractivity (Wildman–Crippen MR) is 54.7 cm³/mol. The van der Waals surface area contributed by atoms with Crippen LogP contribution in [0, 0.1) is 0 Å². The molecule has 0 aromatic carbocycles. The molecule has 1 aliphatic carbocycles. The average molecular weight is 186 g/mol. The van der Waals surface area contributed by atoms with Crippen LogP contribution in [0.15, 0.2) is 0 Å². The van der Waals surface area contributed by atoms with Gasteiger partial charge in [0.05, 0.1) is 0 Å². The first-order chi connectivity index (χ1) is 6.34. The Bertz CT molecular complexity index is 130. The molecule has 1 saturated carbocycles. The zero-order chi connectivity index (χ0) is 9.52. The summed E-state index contributed by atoms with van der Waals surface area (Å²) in [6, 6.07) is 0.918. The maximum Gasteiger partial charge on any atom is 0.0474 e. The number of methoxy groups -OCH3 is 1. The number of ether oxygens (including phenoxy) is 1. The van der Waals surface area contributed by atoms with Crippen LogP contribution < -0.4 is 11.1 Å². The van der Waals surface area contributed by atoms with Crippen molar-refractivity contribution in [2.24, 2.45) is 5.73 Å². The van der Waals surface area contributed by atoms with Crippen molar-refractivity contribution in [3.63, 3.8) is 0 Å². The molecule has 0 amide bonds. The Morgan fingerprint density at radius 1 is 1.38 bits per heavy atom. The smallest absolute Gasteiger partial charge is 0.0474 e. The van der Waals surface area contributed by atoms with Crippen molar-refractivity contribution in [2.75, 3.05) is 20.3 Å². The fraction of sp³-hybridized carbons (Fsp3) is 1.00. The van der Waals surface area contributed by atoms with E-state index >= 15 is 0 Å². The zero-order valence-corrected chi connectivity index (χ0v) is 8.59. The van der Waals surface area contributed by atoms with E-state index < -0.39 is 0 Å². The van der Waals surface area contributed by atoms with Gasteiger partial charge in [0.2, 0.25) is 0 Å². The molecule has 78 valence electrons. The Labute approximate surface area is 81.0 Å². The molecular formula is C10H22N2O. The van der Waals surface area contributed by atoms with Crippen LogP contribution in [0.2, 0.25) is 0 Å². The first-order valence-electron chi connectivity index (χ1n) is 5.32. The molecule has 1 aliphatic rings. The van der Waals surface area contributed by atoms with Gasteiger partial charge >= 0.3 is 0 Å². The van der Waals surface area contributed by atoms with E-state index in [1.165, 1.54) is 25.7 Å². The molecule has 0 saturated heterocycles. The van der Waals surface area contributed by atoms with Gasteiger partial charge in [-0.3, -0.25) is 0 Å². The molecule has 0 aliphatic heterocycles. The van der Waals surface area contributed by atoms with Crippen LogP contribution in [0.25, 0.3) is 0 Å². The second-order valence-corrected chi connectivity index (χ2v) is 3.86. The summed E-state index contributed by atoms with van der Waals surface area (Å²) in [7, 11) is 1.74. The van der Waals surface area contributed by atoms with E-state index in [4.69, 9.17) is 10.5 Å². The number of nitrogens with two attached hydrogens (primary N) is 1. The summed E-state index contributed by atoms with van der Waals surface area (Å²) in [5.74, 6) is 0. The SMILES string of the molecule is COCCCN[C@@H]1CCCC[C@H]1N. The third-order valence-electron chi connectivity index (χ3n) is 2.75. The average Bonchev–Trinajstić information content (AvgIpc) is 2.15. The van der Waals surface area contributed by atoms with E-state index in [1.807, 2.05) is 0 Å². The number of hydrogen-bond donors (Lipinski definition) is 2.